The van der Waals surface area contributed by atoms with Crippen molar-refractivity contribution >= 4 is 127 Å². The van der Waals surface area contributed by atoms with Crippen LogP contribution in [-0.4, -0.2) is 12.3 Å². The van der Waals surface area contributed by atoms with Crippen LogP contribution in [0.25, 0.3) is 32.0 Å². The van der Waals surface area contributed by atoms with Crippen molar-refractivity contribution in [2.45, 2.75) is 122 Å². The number of thiophene rings is 1. The molecule has 2 unspecified atom stereocenters. The van der Waals surface area contributed by atoms with Crippen LogP contribution < -0.4 is 35.3 Å². The molecule has 18 rings (SSSR count). The van der Waals surface area contributed by atoms with Gasteiger partial charge in [-0.15, -0.1) is 21.4 Å². The van der Waals surface area contributed by atoms with Crippen molar-refractivity contribution in [3.63, 3.8) is 0 Å². The monoisotopic (exact) mass is 1340 g/mol. The predicted octanol–water partition coefficient (Wildman–Crippen LogP) is 25.0. The quantitative estimate of drug-likeness (QED) is 0.120. The van der Waals surface area contributed by atoms with Crippen molar-refractivity contribution in [3.8, 4) is 11.1 Å². The van der Waals surface area contributed by atoms with Crippen molar-refractivity contribution in [2.24, 2.45) is 0 Å². The fourth-order valence-corrected chi connectivity index (χ4v) is 23.0. The van der Waals surface area contributed by atoms with E-state index in [1.807, 2.05) is 11.3 Å². The summed E-state index contributed by atoms with van der Waals surface area (Å²) in [5.74, 6) is 0. The van der Waals surface area contributed by atoms with Crippen LogP contribution in [0.4, 0.5) is 62.6 Å². The van der Waals surface area contributed by atoms with E-state index in [4.69, 9.17) is 0 Å². The van der Waals surface area contributed by atoms with Crippen molar-refractivity contribution in [3.05, 3.63) is 326 Å². The Morgan fingerprint density at radius 2 is 0.931 bits per heavy atom. The van der Waals surface area contributed by atoms with Crippen LogP contribution in [0.5, 0.6) is 0 Å². The number of hydrogen-bond acceptors (Lipinski definition) is 5. The molecule has 4 heterocycles. The van der Waals surface area contributed by atoms with Gasteiger partial charge < -0.3 is 19.6 Å². The molecule has 0 spiro atoms. The van der Waals surface area contributed by atoms with E-state index in [0.717, 1.165) is 46.1 Å². The molecule has 0 saturated heterocycles. The molecule has 3 aliphatic heterocycles. The van der Waals surface area contributed by atoms with Crippen LogP contribution in [0.1, 0.15) is 97.8 Å². The fraction of sp³-hybridized carbons (Fsp3) is 0.170. The number of nitrogens with zero attached hydrogens (tertiary/aromatic N) is 4. The van der Waals surface area contributed by atoms with E-state index in [-0.39, 0.29) is 28.5 Å². The molecule has 7 heteroatoms. The number of anilines is 11. The number of fused-ring (bicyclic) bond motifs is 10. The van der Waals surface area contributed by atoms with Crippen LogP contribution in [-0.2, 0) is 16.2 Å². The maximum atomic E-state index is 2.73. The Kier molecular flexibility index (Phi) is 14.9. The number of hydrogen-bond donors (Lipinski definition) is 0. The lowest BCUT2D eigenvalue weighted by atomic mass is 9.36. The molecule has 1 aromatic heterocycles. The summed E-state index contributed by atoms with van der Waals surface area (Å²) in [5.41, 5.74) is 21.7. The Hall–Kier alpha value is -10.3. The molecule has 0 bridgehead atoms. The fourth-order valence-electron chi connectivity index (χ4n) is 17.7. The second kappa shape index (κ2) is 23.9. The van der Waals surface area contributed by atoms with E-state index in [0.29, 0.717) is 0 Å². The lowest BCUT2D eigenvalue weighted by Gasteiger charge is -2.50. The maximum Gasteiger partial charge on any atom is 0.264 e. The highest BCUT2D eigenvalue weighted by molar-refractivity contribution is 8.34. The predicted molar refractivity (Wildman–Crippen MR) is 434 cm³/mol. The standard InChI is InChI=1S/C94H83BN4S2/c1-91(2,3)67-43-47-69(48-44-67)96(82-41-25-23-39-78(82)64-29-13-9-14-30-64)73-55-56-81-84(61-73)97(70-49-45-68(46-50-70)92(4,5)6)85-62-77(101(74-33-15-10-16-34-74,75-35-17-11-18-36-75)76-37-19-12-20-38-76)63-86-88(85)95(81)90-89(79-59-65-31-21-22-32-66(65)60-87(79)100-90)98(86)71-51-53-72(54-52-71)99-83-42-26-24-40-80(83)93(7)57-27-28-58-94(93,99)8/h9-26,29-56,59-63H,27-28,57-58H2,1-8H3. The van der Waals surface area contributed by atoms with Crippen molar-refractivity contribution < 1.29 is 0 Å². The zero-order chi connectivity index (χ0) is 68.6. The molecular weight excluding hydrogens is 1260 g/mol. The zero-order valence-electron chi connectivity index (χ0n) is 59.0. The van der Waals surface area contributed by atoms with Crippen molar-refractivity contribution in [1.29, 1.82) is 0 Å². The topological polar surface area (TPSA) is 13.0 Å². The van der Waals surface area contributed by atoms with E-state index < -0.39 is 10.0 Å². The smallest absolute Gasteiger partial charge is 0.264 e. The third-order valence-electron chi connectivity index (χ3n) is 23.0. The summed E-state index contributed by atoms with van der Waals surface area (Å²) in [7, 11) is -2.30. The number of benzene rings is 13. The summed E-state index contributed by atoms with van der Waals surface area (Å²) < 4.78 is 2.62. The Morgan fingerprint density at radius 1 is 0.426 bits per heavy atom. The van der Waals surface area contributed by atoms with E-state index in [1.165, 1.54) is 126 Å². The first kappa shape index (κ1) is 62.9. The Morgan fingerprint density at radius 3 is 1.56 bits per heavy atom. The Balaban J connectivity index is 0.962. The molecule has 2 atom stereocenters. The van der Waals surface area contributed by atoms with Gasteiger partial charge >= 0.3 is 0 Å². The largest absolute Gasteiger partial charge is 0.334 e. The summed E-state index contributed by atoms with van der Waals surface area (Å²) in [6.07, 6.45) is 4.79. The van der Waals surface area contributed by atoms with Crippen LogP contribution in [0, 0.1) is 0 Å². The number of para-hydroxylation sites is 2. The van der Waals surface area contributed by atoms with E-state index in [1.54, 1.807) is 0 Å². The van der Waals surface area contributed by atoms with Gasteiger partial charge in [-0.3, -0.25) is 0 Å². The third kappa shape index (κ3) is 9.92. The van der Waals surface area contributed by atoms with Gasteiger partial charge in [0, 0.05) is 96.6 Å². The SMILES string of the molecule is CC(C)(C)c1ccc(N(c2ccc3c(c2)N(c2ccc(C(C)(C)C)cc2)c2cc(S(c4ccccc4)(c4ccccc4)c4ccccc4)cc4c2B3c2sc3cc5ccccc5cc3c2N4c2ccc(N3c4ccccc4C4(C)CCCCC34C)cc2)c2ccccc2-c2ccccc2)cc1. The molecule has 4 nitrogen and oxygen atoms in total. The molecule has 13 aromatic carbocycles. The molecule has 4 aliphatic rings. The van der Waals surface area contributed by atoms with Gasteiger partial charge in [-0.2, -0.15) is 0 Å². The highest BCUT2D eigenvalue weighted by Gasteiger charge is 2.58. The average molecular weight is 1340 g/mol. The van der Waals surface area contributed by atoms with Gasteiger partial charge in [0.15, 0.2) is 0 Å². The maximum absolute atomic E-state index is 2.73. The summed E-state index contributed by atoms with van der Waals surface area (Å²) in [4.78, 5) is 15.7. The Labute approximate surface area is 602 Å². The molecule has 101 heavy (non-hydrogen) atoms. The van der Waals surface area contributed by atoms with Gasteiger partial charge in [0.2, 0.25) is 0 Å². The summed E-state index contributed by atoms with van der Waals surface area (Å²) in [6.45, 7) is 18.8. The van der Waals surface area contributed by atoms with Gasteiger partial charge in [0.25, 0.3) is 6.71 Å². The minimum Gasteiger partial charge on any atom is -0.334 e. The third-order valence-corrected chi connectivity index (χ3v) is 28.1. The molecule has 1 saturated carbocycles. The first-order valence-electron chi connectivity index (χ1n) is 36.1. The average Bonchev–Trinajstić information content (AvgIpc) is 1.68. The minimum atomic E-state index is -2.30. The van der Waals surface area contributed by atoms with Crippen LogP contribution >= 0.6 is 21.4 Å². The zero-order valence-corrected chi connectivity index (χ0v) is 60.6. The minimum absolute atomic E-state index is 0.0267. The summed E-state index contributed by atoms with van der Waals surface area (Å²) in [6, 6.07) is 119. The molecule has 14 aromatic rings. The lowest BCUT2D eigenvalue weighted by Crippen LogP contribution is -2.60. The highest BCUT2D eigenvalue weighted by atomic mass is 32.3. The Bertz CT molecular complexity index is 5390. The van der Waals surface area contributed by atoms with Gasteiger partial charge in [0.1, 0.15) is 0 Å². The summed E-state index contributed by atoms with van der Waals surface area (Å²) >= 11 is 1.98. The second-order valence-corrected chi connectivity index (χ2v) is 35.0. The van der Waals surface area contributed by atoms with E-state index >= 15 is 0 Å². The van der Waals surface area contributed by atoms with Crippen molar-refractivity contribution in [2.75, 3.05) is 19.6 Å². The molecule has 494 valence electrons. The van der Waals surface area contributed by atoms with Crippen LogP contribution in [0.15, 0.2) is 329 Å². The molecular formula is C94H83BN4S2. The molecule has 0 radical (unpaired) electrons. The first-order chi connectivity index (χ1) is 49.1. The van der Waals surface area contributed by atoms with E-state index in [9.17, 15) is 0 Å². The first-order valence-corrected chi connectivity index (χ1v) is 38.6. The summed E-state index contributed by atoms with van der Waals surface area (Å²) in [5, 5.41) is 3.74. The molecule has 0 amide bonds. The van der Waals surface area contributed by atoms with Gasteiger partial charge in [-0.1, -0.05) is 237 Å². The molecule has 1 aliphatic carbocycles. The van der Waals surface area contributed by atoms with Crippen molar-refractivity contribution in [1.82, 2.24) is 0 Å². The van der Waals surface area contributed by atoms with Gasteiger partial charge in [0.05, 0.1) is 16.9 Å². The van der Waals surface area contributed by atoms with Gasteiger partial charge in [-0.25, -0.2) is 0 Å². The molecule has 0 N–H and O–H groups in total. The normalized spacial score (nSPS) is 17.1. The van der Waals surface area contributed by atoms with Crippen LogP contribution in [0.2, 0.25) is 0 Å². The highest BCUT2D eigenvalue weighted by Crippen LogP contribution is 2.74. The van der Waals surface area contributed by atoms with Gasteiger partial charge in [-0.05, 0) is 208 Å². The second-order valence-electron chi connectivity index (χ2n) is 30.8. The van der Waals surface area contributed by atoms with E-state index in [2.05, 4.69) is 384 Å². The molecule has 1 fully saturated rings. The lowest BCUT2D eigenvalue weighted by molar-refractivity contribution is 0.195. The van der Waals surface area contributed by atoms with Crippen LogP contribution in [0.3, 0.4) is 0 Å². The number of rotatable bonds is 11.